The molecule has 0 saturated carbocycles. The lowest BCUT2D eigenvalue weighted by atomic mass is 10.1. The Labute approximate surface area is 123 Å². The van der Waals surface area contributed by atoms with Crippen LogP contribution < -0.4 is 5.32 Å². The van der Waals surface area contributed by atoms with Gasteiger partial charge in [-0.2, -0.15) is 0 Å². The van der Waals surface area contributed by atoms with E-state index >= 15 is 0 Å². The molecule has 1 heterocycles. The average molecular weight is 276 g/mol. The summed E-state index contributed by atoms with van der Waals surface area (Å²) >= 11 is 0. The first kappa shape index (κ1) is 15.5. The van der Waals surface area contributed by atoms with Crippen LogP contribution in [0.15, 0.2) is 24.3 Å². The van der Waals surface area contributed by atoms with Gasteiger partial charge in [0.2, 0.25) is 0 Å². The van der Waals surface area contributed by atoms with E-state index in [1.54, 1.807) is 0 Å². The van der Waals surface area contributed by atoms with Crippen LogP contribution in [0.2, 0.25) is 0 Å². The van der Waals surface area contributed by atoms with E-state index in [1.807, 2.05) is 0 Å². The molecule has 1 fully saturated rings. The first-order chi connectivity index (χ1) is 9.79. The van der Waals surface area contributed by atoms with Gasteiger partial charge in [-0.25, -0.2) is 0 Å². The topological polar surface area (TPSA) is 24.5 Å². The van der Waals surface area contributed by atoms with Crippen LogP contribution in [0.1, 0.15) is 37.3 Å². The van der Waals surface area contributed by atoms with Crippen molar-refractivity contribution in [1.82, 2.24) is 10.2 Å². The smallest absolute Gasteiger partial charge is 0.0480 e. The van der Waals surface area contributed by atoms with Crippen LogP contribution in [-0.2, 0) is 17.8 Å². The Morgan fingerprint density at radius 2 is 2.00 bits per heavy atom. The van der Waals surface area contributed by atoms with Gasteiger partial charge in [0, 0.05) is 32.3 Å². The molecule has 1 N–H and O–H groups in total. The minimum absolute atomic E-state index is 0.672. The summed E-state index contributed by atoms with van der Waals surface area (Å²) < 4.78 is 5.44. The summed E-state index contributed by atoms with van der Waals surface area (Å²) in [4.78, 5) is 2.47. The Morgan fingerprint density at radius 3 is 2.75 bits per heavy atom. The van der Waals surface area contributed by atoms with Crippen molar-refractivity contribution in [1.29, 1.82) is 0 Å². The lowest BCUT2D eigenvalue weighted by molar-refractivity contribution is 0.0407. The molecular weight excluding hydrogens is 248 g/mol. The van der Waals surface area contributed by atoms with E-state index in [0.29, 0.717) is 6.04 Å². The van der Waals surface area contributed by atoms with Crippen LogP contribution in [0.5, 0.6) is 0 Å². The van der Waals surface area contributed by atoms with Crippen molar-refractivity contribution in [2.45, 2.75) is 45.3 Å². The molecule has 0 amide bonds. The van der Waals surface area contributed by atoms with E-state index in [9.17, 15) is 0 Å². The molecule has 3 nitrogen and oxygen atoms in total. The molecule has 112 valence electrons. The van der Waals surface area contributed by atoms with Gasteiger partial charge < -0.3 is 10.1 Å². The number of nitrogens with one attached hydrogen (secondary N) is 1. The summed E-state index contributed by atoms with van der Waals surface area (Å²) in [5.74, 6) is 0. The zero-order chi connectivity index (χ0) is 14.2. The zero-order valence-electron chi connectivity index (χ0n) is 12.9. The predicted octanol–water partition coefficient (Wildman–Crippen LogP) is 2.80. The van der Waals surface area contributed by atoms with Gasteiger partial charge in [0.25, 0.3) is 0 Å². The number of nitrogens with zero attached hydrogens (tertiary/aromatic N) is 1. The van der Waals surface area contributed by atoms with Gasteiger partial charge in [-0.05, 0) is 44.0 Å². The standard InChI is InChI=1S/C17H28N2O/c1-3-9-18-13-15-5-4-6-16(12-15)14-19(2)17-7-10-20-11-8-17/h4-6,12,17-18H,3,7-11,13-14H2,1-2H3. The van der Waals surface area contributed by atoms with Crippen molar-refractivity contribution < 1.29 is 4.74 Å². The van der Waals surface area contributed by atoms with E-state index in [4.69, 9.17) is 4.74 Å². The van der Waals surface area contributed by atoms with Gasteiger partial charge >= 0.3 is 0 Å². The quantitative estimate of drug-likeness (QED) is 0.775. The molecule has 0 bridgehead atoms. The van der Waals surface area contributed by atoms with E-state index in [0.717, 1.165) is 45.7 Å². The molecule has 2 rings (SSSR count). The first-order valence-electron chi connectivity index (χ1n) is 7.86. The first-order valence-corrected chi connectivity index (χ1v) is 7.86. The molecule has 0 radical (unpaired) electrons. The Hall–Kier alpha value is -0.900. The number of rotatable bonds is 7. The zero-order valence-corrected chi connectivity index (χ0v) is 12.9. The molecule has 0 atom stereocenters. The van der Waals surface area contributed by atoms with Gasteiger partial charge in [0.15, 0.2) is 0 Å². The average Bonchev–Trinajstić information content (AvgIpc) is 2.49. The molecule has 1 aliphatic rings. The maximum absolute atomic E-state index is 5.44. The Balaban J connectivity index is 1.86. The van der Waals surface area contributed by atoms with E-state index in [-0.39, 0.29) is 0 Å². The van der Waals surface area contributed by atoms with Gasteiger partial charge in [-0.3, -0.25) is 4.90 Å². The molecule has 0 unspecified atom stereocenters. The molecule has 1 aliphatic heterocycles. The number of ether oxygens (including phenoxy) is 1. The predicted molar refractivity (Wildman–Crippen MR) is 83.7 cm³/mol. The molecule has 20 heavy (non-hydrogen) atoms. The fraction of sp³-hybridized carbons (Fsp3) is 0.647. The summed E-state index contributed by atoms with van der Waals surface area (Å²) in [5.41, 5.74) is 2.80. The van der Waals surface area contributed by atoms with Crippen molar-refractivity contribution in [3.8, 4) is 0 Å². The number of hydrogen-bond donors (Lipinski definition) is 1. The highest BCUT2D eigenvalue weighted by Gasteiger charge is 2.18. The SMILES string of the molecule is CCCNCc1cccc(CN(C)C2CCOCC2)c1. The molecule has 3 heteroatoms. The van der Waals surface area contributed by atoms with Crippen LogP contribution in [0.25, 0.3) is 0 Å². The van der Waals surface area contributed by atoms with E-state index in [2.05, 4.69) is 48.5 Å². The van der Waals surface area contributed by atoms with Crippen molar-refractivity contribution in [3.05, 3.63) is 35.4 Å². The largest absolute Gasteiger partial charge is 0.381 e. The van der Waals surface area contributed by atoms with E-state index < -0.39 is 0 Å². The van der Waals surface area contributed by atoms with Crippen LogP contribution in [0.4, 0.5) is 0 Å². The highest BCUT2D eigenvalue weighted by atomic mass is 16.5. The molecule has 1 aromatic carbocycles. The molecule has 1 aromatic rings. The summed E-state index contributed by atoms with van der Waals surface area (Å²) in [5, 5.41) is 3.47. The third kappa shape index (κ3) is 4.89. The minimum Gasteiger partial charge on any atom is -0.381 e. The maximum Gasteiger partial charge on any atom is 0.0480 e. The molecular formula is C17H28N2O. The fourth-order valence-electron chi connectivity index (χ4n) is 2.79. The van der Waals surface area contributed by atoms with Crippen molar-refractivity contribution in [2.24, 2.45) is 0 Å². The highest BCUT2D eigenvalue weighted by Crippen LogP contribution is 2.16. The second-order valence-corrected chi connectivity index (χ2v) is 5.76. The second kappa shape index (κ2) is 8.40. The van der Waals surface area contributed by atoms with Crippen LogP contribution in [0.3, 0.4) is 0 Å². The molecule has 0 spiro atoms. The van der Waals surface area contributed by atoms with Crippen molar-refractivity contribution >= 4 is 0 Å². The van der Waals surface area contributed by atoms with Crippen LogP contribution >= 0.6 is 0 Å². The molecule has 0 aliphatic carbocycles. The van der Waals surface area contributed by atoms with E-state index in [1.165, 1.54) is 17.5 Å². The molecule has 0 aromatic heterocycles. The lowest BCUT2D eigenvalue weighted by Gasteiger charge is -2.31. The van der Waals surface area contributed by atoms with Gasteiger partial charge in [-0.1, -0.05) is 31.2 Å². The maximum atomic E-state index is 5.44. The summed E-state index contributed by atoms with van der Waals surface area (Å²) in [6.07, 6.45) is 3.51. The third-order valence-corrected chi connectivity index (χ3v) is 3.99. The summed E-state index contributed by atoms with van der Waals surface area (Å²) in [6, 6.07) is 9.62. The van der Waals surface area contributed by atoms with Crippen LogP contribution in [-0.4, -0.2) is 37.7 Å². The van der Waals surface area contributed by atoms with Crippen molar-refractivity contribution in [3.63, 3.8) is 0 Å². The Kier molecular flexibility index (Phi) is 6.51. The van der Waals surface area contributed by atoms with Crippen LogP contribution in [0, 0.1) is 0 Å². The Bertz CT molecular complexity index is 388. The fourth-order valence-corrected chi connectivity index (χ4v) is 2.79. The second-order valence-electron chi connectivity index (χ2n) is 5.76. The highest BCUT2D eigenvalue weighted by molar-refractivity contribution is 5.23. The van der Waals surface area contributed by atoms with Gasteiger partial charge in [0.05, 0.1) is 0 Å². The lowest BCUT2D eigenvalue weighted by Crippen LogP contribution is -2.36. The summed E-state index contributed by atoms with van der Waals surface area (Å²) in [7, 11) is 2.23. The Morgan fingerprint density at radius 1 is 1.25 bits per heavy atom. The van der Waals surface area contributed by atoms with Gasteiger partial charge in [0.1, 0.15) is 0 Å². The monoisotopic (exact) mass is 276 g/mol. The van der Waals surface area contributed by atoms with Gasteiger partial charge in [-0.15, -0.1) is 0 Å². The number of benzene rings is 1. The molecule has 1 saturated heterocycles. The normalized spacial score (nSPS) is 16.8. The third-order valence-electron chi connectivity index (χ3n) is 3.99. The minimum atomic E-state index is 0.672. The van der Waals surface area contributed by atoms with Crippen molar-refractivity contribution in [2.75, 3.05) is 26.8 Å². The number of hydrogen-bond acceptors (Lipinski definition) is 3. The summed E-state index contributed by atoms with van der Waals surface area (Å²) in [6.45, 7) is 7.12.